The summed E-state index contributed by atoms with van der Waals surface area (Å²) in [7, 11) is 1.49. The van der Waals surface area contributed by atoms with E-state index in [0.717, 1.165) is 0 Å². The van der Waals surface area contributed by atoms with Crippen molar-refractivity contribution in [3.05, 3.63) is 5.21 Å². The van der Waals surface area contributed by atoms with Crippen LogP contribution in [-0.4, -0.2) is 30.7 Å². The summed E-state index contributed by atoms with van der Waals surface area (Å²) in [6.07, 6.45) is 0.176. The second-order valence-corrected chi connectivity index (χ2v) is 2.16. The Hall–Kier alpha value is -0.690. The van der Waals surface area contributed by atoms with Crippen molar-refractivity contribution in [1.82, 2.24) is 5.43 Å². The fourth-order valence-corrected chi connectivity index (χ4v) is 0.535. The molecule has 66 valence electrons. The third kappa shape index (κ3) is 4.68. The Morgan fingerprint density at radius 1 is 1.91 bits per heavy atom. The summed E-state index contributed by atoms with van der Waals surface area (Å²) in [5.74, 6) is -1.08. The molecule has 6 heteroatoms. The number of hydrogen-bond donors (Lipinski definition) is 4. The first kappa shape index (κ1) is 10.3. The molecule has 0 aliphatic heterocycles. The molecule has 0 aliphatic carbocycles. The topological polar surface area (TPSA) is 103 Å². The number of carboxylic acids is 1. The van der Waals surface area contributed by atoms with Gasteiger partial charge in [-0.3, -0.25) is 9.97 Å². The zero-order valence-corrected chi connectivity index (χ0v) is 6.33. The smallest absolute Gasteiger partial charge is 0.320 e. The first-order valence-corrected chi connectivity index (χ1v) is 3.27. The van der Waals surface area contributed by atoms with Crippen LogP contribution in [0.4, 0.5) is 0 Å². The monoisotopic (exact) mass is 163 g/mol. The summed E-state index contributed by atoms with van der Waals surface area (Å²) in [6.45, 7) is 0.157. The van der Waals surface area contributed by atoms with Crippen molar-refractivity contribution in [2.75, 3.05) is 13.6 Å². The molecule has 0 bridgehead atoms. The van der Waals surface area contributed by atoms with Crippen LogP contribution in [0.25, 0.3) is 0 Å². The molecule has 11 heavy (non-hydrogen) atoms. The number of carboxylic acid groups (broad SMARTS) is 1. The van der Waals surface area contributed by atoms with Crippen molar-refractivity contribution in [2.45, 2.75) is 12.5 Å². The minimum Gasteiger partial charge on any atom is -0.613 e. The van der Waals surface area contributed by atoms with Crippen LogP contribution in [0.1, 0.15) is 6.42 Å². The maximum absolute atomic E-state index is 10.6. The molecule has 0 saturated heterocycles. The number of nitrogens with two attached hydrogens (primary N) is 1. The van der Waals surface area contributed by atoms with E-state index in [0.29, 0.717) is 0 Å². The molecule has 0 saturated carbocycles. The summed E-state index contributed by atoms with van der Waals surface area (Å²) in [5.41, 5.74) is 7.51. The van der Waals surface area contributed by atoms with Gasteiger partial charge in [0.1, 0.15) is 6.04 Å². The quantitative estimate of drug-likeness (QED) is 0.330. The summed E-state index contributed by atoms with van der Waals surface area (Å²) >= 11 is 0. The Kier molecular flexibility index (Phi) is 4.71. The highest BCUT2D eigenvalue weighted by atomic mass is 16.5. The Morgan fingerprint density at radius 2 is 2.45 bits per heavy atom. The molecule has 0 aromatic carbocycles. The van der Waals surface area contributed by atoms with Crippen molar-refractivity contribution >= 4 is 5.97 Å². The van der Waals surface area contributed by atoms with Gasteiger partial charge in [-0.2, -0.15) is 5.43 Å². The van der Waals surface area contributed by atoms with Crippen molar-refractivity contribution in [2.24, 2.45) is 5.73 Å². The van der Waals surface area contributed by atoms with E-state index in [-0.39, 0.29) is 18.1 Å². The summed E-state index contributed by atoms with van der Waals surface area (Å²) < 4.78 is 0. The molecule has 6 nitrogen and oxygen atoms in total. The number of hydrogen-bond acceptors (Lipinski definition) is 4. The summed E-state index contributed by atoms with van der Waals surface area (Å²) in [4.78, 5) is 10.1. The van der Waals surface area contributed by atoms with E-state index in [1.165, 1.54) is 7.05 Å². The lowest BCUT2D eigenvalue weighted by Crippen LogP contribution is -3.13. The Labute approximate surface area is 64.5 Å². The Morgan fingerprint density at radius 3 is 2.82 bits per heavy atom. The van der Waals surface area contributed by atoms with E-state index >= 15 is 0 Å². The fraction of sp³-hybridized carbons (Fsp3) is 0.800. The molecule has 2 unspecified atom stereocenters. The van der Waals surface area contributed by atoms with Crippen LogP contribution in [0, 0.1) is 5.21 Å². The molecule has 0 rings (SSSR count). The molecule has 0 aromatic rings. The SMILES string of the molecule is CN[NH+]([O-])CCC(N)C(=O)O. The van der Waals surface area contributed by atoms with Gasteiger partial charge in [-0.25, -0.2) is 0 Å². The molecule has 5 N–H and O–H groups in total. The molecule has 0 aromatic heterocycles. The van der Waals surface area contributed by atoms with E-state index in [4.69, 9.17) is 10.8 Å². The van der Waals surface area contributed by atoms with E-state index in [1.54, 1.807) is 0 Å². The number of nitrogens with one attached hydrogen (secondary N) is 2. The van der Waals surface area contributed by atoms with Gasteiger partial charge < -0.3 is 16.0 Å². The van der Waals surface area contributed by atoms with E-state index < -0.39 is 12.0 Å². The first-order chi connectivity index (χ1) is 5.07. The van der Waals surface area contributed by atoms with Gasteiger partial charge in [-0.05, 0) is 0 Å². The van der Waals surface area contributed by atoms with Gasteiger partial charge in [-0.15, -0.1) is 0 Å². The van der Waals surface area contributed by atoms with E-state index in [2.05, 4.69) is 5.43 Å². The number of rotatable bonds is 5. The highest BCUT2D eigenvalue weighted by Gasteiger charge is 2.11. The van der Waals surface area contributed by atoms with Crippen LogP contribution in [0.3, 0.4) is 0 Å². The van der Waals surface area contributed by atoms with Crippen molar-refractivity contribution in [3.8, 4) is 0 Å². The minimum absolute atomic E-state index is 0.157. The first-order valence-electron chi connectivity index (χ1n) is 3.27. The Bertz CT molecular complexity index is 130. The molecule has 0 heterocycles. The molecule has 0 aliphatic rings. The lowest BCUT2D eigenvalue weighted by Gasteiger charge is -2.20. The van der Waals surface area contributed by atoms with Crippen LogP contribution in [0.2, 0.25) is 0 Å². The Balaban J connectivity index is 3.45. The van der Waals surface area contributed by atoms with Gasteiger partial charge in [-0.1, -0.05) is 0 Å². The van der Waals surface area contributed by atoms with Crippen LogP contribution < -0.4 is 16.3 Å². The van der Waals surface area contributed by atoms with Crippen LogP contribution in [0.15, 0.2) is 0 Å². The predicted octanol–water partition coefficient (Wildman–Crippen LogP) is -2.69. The van der Waals surface area contributed by atoms with Crippen molar-refractivity contribution in [1.29, 1.82) is 0 Å². The van der Waals surface area contributed by atoms with Crippen LogP contribution in [-0.2, 0) is 4.79 Å². The number of carbonyl (C=O) groups is 1. The summed E-state index contributed by atoms with van der Waals surface area (Å²) in [5, 5.41) is 18.7. The number of hydroxylamine groups is 1. The van der Waals surface area contributed by atoms with Gasteiger partial charge >= 0.3 is 5.97 Å². The van der Waals surface area contributed by atoms with Gasteiger partial charge in [0.2, 0.25) is 0 Å². The normalized spacial score (nSPS) is 15.9. The number of quaternary nitrogens is 1. The third-order valence-corrected chi connectivity index (χ3v) is 1.28. The van der Waals surface area contributed by atoms with Crippen molar-refractivity contribution < 1.29 is 15.1 Å². The van der Waals surface area contributed by atoms with E-state index in [9.17, 15) is 10.0 Å². The summed E-state index contributed by atoms with van der Waals surface area (Å²) in [6, 6.07) is -0.938. The zero-order valence-electron chi connectivity index (χ0n) is 6.33. The minimum atomic E-state index is -1.08. The average molecular weight is 163 g/mol. The fourth-order valence-electron chi connectivity index (χ4n) is 0.535. The molecule has 0 fully saturated rings. The van der Waals surface area contributed by atoms with Gasteiger partial charge in [0.15, 0.2) is 0 Å². The third-order valence-electron chi connectivity index (χ3n) is 1.28. The van der Waals surface area contributed by atoms with Crippen molar-refractivity contribution in [3.63, 3.8) is 0 Å². The maximum atomic E-state index is 10.6. The standard InChI is InChI=1S/C5H13N3O3/c1-7-8(11)3-2-4(6)5(9)10/h4,7-8H,2-3,6H2,1H3,(H,9,10). The molecular formula is C5H13N3O3. The number of aliphatic carboxylic acids is 1. The lowest BCUT2D eigenvalue weighted by molar-refractivity contribution is -0.893. The predicted molar refractivity (Wildman–Crippen MR) is 38.5 cm³/mol. The highest BCUT2D eigenvalue weighted by molar-refractivity contribution is 5.72. The average Bonchev–Trinajstić information content (AvgIpc) is 1.99. The van der Waals surface area contributed by atoms with E-state index in [1.807, 2.05) is 0 Å². The highest BCUT2D eigenvalue weighted by Crippen LogP contribution is 1.82. The maximum Gasteiger partial charge on any atom is 0.320 e. The molecule has 2 atom stereocenters. The lowest BCUT2D eigenvalue weighted by atomic mass is 10.2. The van der Waals surface area contributed by atoms with Crippen LogP contribution in [0.5, 0.6) is 0 Å². The van der Waals surface area contributed by atoms with Gasteiger partial charge in [0, 0.05) is 13.5 Å². The molecule has 0 spiro atoms. The second kappa shape index (κ2) is 5.03. The van der Waals surface area contributed by atoms with Crippen LogP contribution >= 0.6 is 0 Å². The second-order valence-electron chi connectivity index (χ2n) is 2.16. The van der Waals surface area contributed by atoms with Gasteiger partial charge in [0.05, 0.1) is 6.54 Å². The molecular weight excluding hydrogens is 150 g/mol. The molecule has 0 amide bonds. The largest absolute Gasteiger partial charge is 0.613 e. The zero-order chi connectivity index (χ0) is 8.85. The van der Waals surface area contributed by atoms with Gasteiger partial charge in [0.25, 0.3) is 0 Å². The molecule has 0 radical (unpaired) electrons.